The Bertz CT molecular complexity index is 1030. The van der Waals surface area contributed by atoms with Crippen LogP contribution in [0.15, 0.2) is 71.4 Å². The number of oxazole rings is 1. The van der Waals surface area contributed by atoms with Crippen LogP contribution in [0.1, 0.15) is 10.4 Å². The summed E-state index contributed by atoms with van der Waals surface area (Å²) in [5.41, 5.74) is 3.05. The Balaban J connectivity index is 1.68. The number of hydrogen-bond acceptors (Lipinski definition) is 4. The van der Waals surface area contributed by atoms with Gasteiger partial charge in [-0.05, 0) is 30.3 Å². The Labute approximate surface area is 148 Å². The number of hydrogen-bond donors (Lipinski definition) is 1. The minimum atomic E-state index is -0.198. The van der Waals surface area contributed by atoms with E-state index in [0.29, 0.717) is 38.8 Å². The molecule has 0 aliphatic heterocycles. The molecule has 2 aromatic heterocycles. The van der Waals surface area contributed by atoms with E-state index in [-0.39, 0.29) is 5.91 Å². The van der Waals surface area contributed by atoms with Gasteiger partial charge in [0.15, 0.2) is 5.58 Å². The average molecular weight is 350 g/mol. The number of carbonyl (C=O) groups is 1. The number of pyridine rings is 1. The largest absolute Gasteiger partial charge is 0.436 e. The minimum absolute atomic E-state index is 0.198. The van der Waals surface area contributed by atoms with E-state index >= 15 is 0 Å². The summed E-state index contributed by atoms with van der Waals surface area (Å²) < 4.78 is 5.73. The predicted molar refractivity (Wildman–Crippen MR) is 96.6 cm³/mol. The lowest BCUT2D eigenvalue weighted by molar-refractivity contribution is 0.102. The van der Waals surface area contributed by atoms with Gasteiger partial charge < -0.3 is 9.73 Å². The van der Waals surface area contributed by atoms with Crippen LogP contribution in [0.2, 0.25) is 5.02 Å². The monoisotopic (exact) mass is 349 g/mol. The van der Waals surface area contributed by atoms with E-state index in [1.165, 1.54) is 0 Å². The van der Waals surface area contributed by atoms with E-state index in [0.717, 1.165) is 0 Å². The lowest BCUT2D eigenvalue weighted by Gasteiger charge is -2.07. The first-order valence-electron chi connectivity index (χ1n) is 7.57. The summed E-state index contributed by atoms with van der Waals surface area (Å²) in [5, 5.41) is 3.33. The molecule has 0 spiro atoms. The van der Waals surface area contributed by atoms with Gasteiger partial charge in [-0.2, -0.15) is 0 Å². The van der Waals surface area contributed by atoms with Gasteiger partial charge in [0.2, 0.25) is 5.89 Å². The van der Waals surface area contributed by atoms with Crippen molar-refractivity contribution in [2.24, 2.45) is 0 Å². The Hall–Kier alpha value is -3.18. The second kappa shape index (κ2) is 6.37. The molecule has 25 heavy (non-hydrogen) atoms. The highest BCUT2D eigenvalue weighted by Crippen LogP contribution is 2.32. The summed E-state index contributed by atoms with van der Waals surface area (Å²) in [7, 11) is 0. The van der Waals surface area contributed by atoms with Crippen LogP contribution in [0.3, 0.4) is 0 Å². The first kappa shape index (κ1) is 15.4. The molecule has 2 heterocycles. The standard InChI is InChI=1S/C19H12ClN3O2/c20-15-7-6-13(22-18(24)12-4-2-1-3-5-12)10-14(15)19-23-16-11-21-9-8-17(16)25-19/h1-11H,(H,22,24). The molecule has 1 amide bonds. The first-order chi connectivity index (χ1) is 12.2. The molecular formula is C19H12ClN3O2. The molecule has 0 fully saturated rings. The van der Waals surface area contributed by atoms with E-state index in [9.17, 15) is 4.79 Å². The van der Waals surface area contributed by atoms with Crippen LogP contribution in [0.5, 0.6) is 0 Å². The molecule has 0 bridgehead atoms. The first-order valence-corrected chi connectivity index (χ1v) is 7.95. The molecule has 1 N–H and O–H groups in total. The van der Waals surface area contributed by atoms with Crippen molar-refractivity contribution >= 4 is 34.3 Å². The van der Waals surface area contributed by atoms with Gasteiger partial charge in [0, 0.05) is 23.5 Å². The van der Waals surface area contributed by atoms with Crippen molar-refractivity contribution in [3.8, 4) is 11.5 Å². The van der Waals surface area contributed by atoms with E-state index in [1.54, 1.807) is 48.8 Å². The predicted octanol–water partition coefficient (Wildman–Crippen LogP) is 4.80. The molecule has 0 saturated carbocycles. The molecule has 0 aliphatic carbocycles. The quantitative estimate of drug-likeness (QED) is 0.577. The number of nitrogens with zero attached hydrogens (tertiary/aromatic N) is 2. The third kappa shape index (κ3) is 3.09. The number of nitrogens with one attached hydrogen (secondary N) is 1. The lowest BCUT2D eigenvalue weighted by Crippen LogP contribution is -2.11. The fourth-order valence-corrected chi connectivity index (χ4v) is 2.65. The lowest BCUT2D eigenvalue weighted by atomic mass is 10.1. The number of halogens is 1. The van der Waals surface area contributed by atoms with Gasteiger partial charge in [-0.25, -0.2) is 4.98 Å². The smallest absolute Gasteiger partial charge is 0.255 e. The Morgan fingerprint density at radius 2 is 1.92 bits per heavy atom. The van der Waals surface area contributed by atoms with Gasteiger partial charge >= 0.3 is 0 Å². The zero-order valence-corrected chi connectivity index (χ0v) is 13.7. The van der Waals surface area contributed by atoms with Crippen LogP contribution in [0.25, 0.3) is 22.6 Å². The Morgan fingerprint density at radius 1 is 1.08 bits per heavy atom. The summed E-state index contributed by atoms with van der Waals surface area (Å²) in [4.78, 5) is 20.7. The zero-order valence-electron chi connectivity index (χ0n) is 12.9. The average Bonchev–Trinajstić information content (AvgIpc) is 3.08. The third-order valence-electron chi connectivity index (χ3n) is 3.68. The SMILES string of the molecule is O=C(Nc1ccc(Cl)c(-c2nc3cnccc3o2)c1)c1ccccc1. The van der Waals surface area contributed by atoms with E-state index in [4.69, 9.17) is 16.0 Å². The molecule has 0 aliphatic rings. The van der Waals surface area contributed by atoms with Crippen molar-refractivity contribution in [3.63, 3.8) is 0 Å². The molecular weight excluding hydrogens is 338 g/mol. The highest BCUT2D eigenvalue weighted by molar-refractivity contribution is 6.33. The van der Waals surface area contributed by atoms with Crippen LogP contribution in [0, 0.1) is 0 Å². The Morgan fingerprint density at radius 3 is 2.72 bits per heavy atom. The summed E-state index contributed by atoms with van der Waals surface area (Å²) in [6.45, 7) is 0. The molecule has 122 valence electrons. The van der Waals surface area contributed by atoms with Crippen molar-refractivity contribution in [2.45, 2.75) is 0 Å². The van der Waals surface area contributed by atoms with Crippen molar-refractivity contribution in [3.05, 3.63) is 77.6 Å². The van der Waals surface area contributed by atoms with E-state index in [1.807, 2.05) is 18.2 Å². The Kier molecular flexibility index (Phi) is 3.91. The van der Waals surface area contributed by atoms with Crippen LogP contribution >= 0.6 is 11.6 Å². The molecule has 4 aromatic rings. The maximum Gasteiger partial charge on any atom is 0.255 e. The molecule has 5 nitrogen and oxygen atoms in total. The van der Waals surface area contributed by atoms with Gasteiger partial charge in [-0.3, -0.25) is 9.78 Å². The second-order valence-electron chi connectivity index (χ2n) is 5.38. The zero-order chi connectivity index (χ0) is 17.2. The molecule has 6 heteroatoms. The van der Waals surface area contributed by atoms with Gasteiger partial charge in [-0.1, -0.05) is 29.8 Å². The number of anilines is 1. The van der Waals surface area contributed by atoms with Crippen molar-refractivity contribution in [1.82, 2.24) is 9.97 Å². The second-order valence-corrected chi connectivity index (χ2v) is 5.78. The van der Waals surface area contributed by atoms with Crippen molar-refractivity contribution in [1.29, 1.82) is 0 Å². The fourth-order valence-electron chi connectivity index (χ4n) is 2.45. The summed E-state index contributed by atoms with van der Waals surface area (Å²) in [6, 6.07) is 15.9. The van der Waals surface area contributed by atoms with E-state index < -0.39 is 0 Å². The number of benzene rings is 2. The van der Waals surface area contributed by atoms with Crippen LogP contribution in [-0.4, -0.2) is 15.9 Å². The number of carbonyl (C=O) groups excluding carboxylic acids is 1. The molecule has 0 saturated heterocycles. The maximum absolute atomic E-state index is 12.3. The number of fused-ring (bicyclic) bond motifs is 1. The molecule has 2 aromatic carbocycles. The van der Waals surface area contributed by atoms with Crippen molar-refractivity contribution < 1.29 is 9.21 Å². The third-order valence-corrected chi connectivity index (χ3v) is 4.01. The molecule has 0 unspecified atom stereocenters. The highest BCUT2D eigenvalue weighted by Gasteiger charge is 2.14. The topological polar surface area (TPSA) is 68.0 Å². The normalized spacial score (nSPS) is 10.8. The summed E-state index contributed by atoms with van der Waals surface area (Å²) >= 11 is 6.28. The summed E-state index contributed by atoms with van der Waals surface area (Å²) in [5.74, 6) is 0.180. The van der Waals surface area contributed by atoms with Crippen molar-refractivity contribution in [2.75, 3.05) is 5.32 Å². The number of amides is 1. The van der Waals surface area contributed by atoms with Crippen LogP contribution in [0.4, 0.5) is 5.69 Å². The van der Waals surface area contributed by atoms with E-state index in [2.05, 4.69) is 15.3 Å². The van der Waals surface area contributed by atoms with Gasteiger partial charge in [-0.15, -0.1) is 0 Å². The van der Waals surface area contributed by atoms with Crippen LogP contribution in [-0.2, 0) is 0 Å². The molecule has 0 atom stereocenters. The van der Waals surface area contributed by atoms with Gasteiger partial charge in [0.05, 0.1) is 16.8 Å². The van der Waals surface area contributed by atoms with Crippen LogP contribution < -0.4 is 5.32 Å². The van der Waals surface area contributed by atoms with Gasteiger partial charge in [0.1, 0.15) is 5.52 Å². The maximum atomic E-state index is 12.3. The summed E-state index contributed by atoms with van der Waals surface area (Å²) in [6.07, 6.45) is 3.26. The number of rotatable bonds is 3. The van der Waals surface area contributed by atoms with Gasteiger partial charge in [0.25, 0.3) is 5.91 Å². The fraction of sp³-hybridized carbons (Fsp3) is 0. The number of aromatic nitrogens is 2. The highest BCUT2D eigenvalue weighted by atomic mass is 35.5. The molecule has 4 rings (SSSR count). The minimum Gasteiger partial charge on any atom is -0.436 e. The molecule has 0 radical (unpaired) electrons.